The Balaban J connectivity index is 0.000000606. The highest BCUT2D eigenvalue weighted by atomic mass is 16.3. The molecule has 1 aromatic heterocycles. The summed E-state index contributed by atoms with van der Waals surface area (Å²) in [6.45, 7) is 6.05. The van der Waals surface area contributed by atoms with E-state index in [2.05, 4.69) is 5.10 Å². The summed E-state index contributed by atoms with van der Waals surface area (Å²) >= 11 is 0. The van der Waals surface area contributed by atoms with Crippen LogP contribution in [0, 0.1) is 6.92 Å². The molecule has 16 heavy (non-hydrogen) atoms. The van der Waals surface area contributed by atoms with Crippen LogP contribution >= 0.6 is 0 Å². The minimum absolute atomic E-state index is 0.0704. The SMILES string of the molecule is CC.Cc1ccc(-n2cccn2)cc1CO. The van der Waals surface area contributed by atoms with Gasteiger partial charge in [0.25, 0.3) is 0 Å². The van der Waals surface area contributed by atoms with Crippen molar-refractivity contribution in [2.45, 2.75) is 27.4 Å². The average molecular weight is 218 g/mol. The molecule has 0 fully saturated rings. The van der Waals surface area contributed by atoms with Gasteiger partial charge in [-0.1, -0.05) is 19.9 Å². The lowest BCUT2D eigenvalue weighted by Gasteiger charge is -2.06. The van der Waals surface area contributed by atoms with Crippen LogP contribution in [-0.2, 0) is 6.61 Å². The molecule has 0 unspecified atom stereocenters. The molecule has 2 aromatic rings. The summed E-state index contributed by atoms with van der Waals surface area (Å²) in [5.41, 5.74) is 3.02. The second-order valence-corrected chi connectivity index (χ2v) is 3.22. The topological polar surface area (TPSA) is 38.0 Å². The molecule has 86 valence electrons. The van der Waals surface area contributed by atoms with Crippen molar-refractivity contribution in [1.29, 1.82) is 0 Å². The molecule has 0 aliphatic heterocycles. The zero-order valence-electron chi connectivity index (χ0n) is 10.0. The zero-order chi connectivity index (χ0) is 12.0. The lowest BCUT2D eigenvalue weighted by molar-refractivity contribution is 0.281. The molecule has 0 aliphatic rings. The molecule has 0 radical (unpaired) electrons. The van der Waals surface area contributed by atoms with Gasteiger partial charge in [-0.3, -0.25) is 0 Å². The first kappa shape index (κ1) is 12.5. The van der Waals surface area contributed by atoms with Gasteiger partial charge in [0.1, 0.15) is 0 Å². The van der Waals surface area contributed by atoms with E-state index < -0.39 is 0 Å². The maximum absolute atomic E-state index is 9.11. The normalized spacial score (nSPS) is 9.50. The zero-order valence-corrected chi connectivity index (χ0v) is 10.0. The Morgan fingerprint density at radius 2 is 2.06 bits per heavy atom. The molecule has 0 aliphatic carbocycles. The molecule has 0 spiro atoms. The van der Waals surface area contributed by atoms with E-state index in [0.29, 0.717) is 0 Å². The predicted octanol–water partition coefficient (Wildman–Crippen LogP) is 2.70. The molecular weight excluding hydrogens is 200 g/mol. The Morgan fingerprint density at radius 3 is 2.62 bits per heavy atom. The molecule has 1 N–H and O–H groups in total. The maximum atomic E-state index is 9.11. The fraction of sp³-hybridized carbons (Fsp3) is 0.308. The van der Waals surface area contributed by atoms with Gasteiger partial charge in [-0.15, -0.1) is 0 Å². The summed E-state index contributed by atoms with van der Waals surface area (Å²) < 4.78 is 1.78. The van der Waals surface area contributed by atoms with E-state index in [0.717, 1.165) is 16.8 Å². The molecule has 3 nitrogen and oxygen atoms in total. The van der Waals surface area contributed by atoms with E-state index in [1.165, 1.54) is 0 Å². The van der Waals surface area contributed by atoms with E-state index in [1.54, 1.807) is 10.9 Å². The van der Waals surface area contributed by atoms with Gasteiger partial charge in [0.05, 0.1) is 12.3 Å². The van der Waals surface area contributed by atoms with E-state index in [9.17, 15) is 0 Å². The van der Waals surface area contributed by atoms with Crippen LogP contribution in [-0.4, -0.2) is 14.9 Å². The Labute approximate surface area is 96.4 Å². The van der Waals surface area contributed by atoms with E-state index in [-0.39, 0.29) is 6.61 Å². The van der Waals surface area contributed by atoms with Crippen molar-refractivity contribution in [1.82, 2.24) is 9.78 Å². The maximum Gasteiger partial charge on any atom is 0.0685 e. The summed E-state index contributed by atoms with van der Waals surface area (Å²) in [4.78, 5) is 0. The number of hydrogen-bond donors (Lipinski definition) is 1. The summed E-state index contributed by atoms with van der Waals surface area (Å²) in [5, 5.41) is 13.2. The summed E-state index contributed by atoms with van der Waals surface area (Å²) in [5.74, 6) is 0. The van der Waals surface area contributed by atoms with Crippen molar-refractivity contribution in [2.75, 3.05) is 0 Å². The van der Waals surface area contributed by atoms with Crippen LogP contribution in [0.3, 0.4) is 0 Å². The molecule has 2 rings (SSSR count). The number of aryl methyl sites for hydroxylation is 1. The van der Waals surface area contributed by atoms with Crippen molar-refractivity contribution in [3.63, 3.8) is 0 Å². The molecule has 0 bridgehead atoms. The van der Waals surface area contributed by atoms with Gasteiger partial charge in [0, 0.05) is 12.4 Å². The highest BCUT2D eigenvalue weighted by Crippen LogP contribution is 2.13. The lowest BCUT2D eigenvalue weighted by Crippen LogP contribution is -1.97. The van der Waals surface area contributed by atoms with Crippen molar-refractivity contribution < 1.29 is 5.11 Å². The Morgan fingerprint density at radius 1 is 1.31 bits per heavy atom. The Kier molecular flexibility index (Phi) is 4.73. The van der Waals surface area contributed by atoms with Crippen LogP contribution in [0.4, 0.5) is 0 Å². The van der Waals surface area contributed by atoms with E-state index in [4.69, 9.17) is 5.11 Å². The largest absolute Gasteiger partial charge is 0.392 e. The molecule has 0 amide bonds. The number of benzene rings is 1. The van der Waals surface area contributed by atoms with Gasteiger partial charge in [0.15, 0.2) is 0 Å². The first-order valence-corrected chi connectivity index (χ1v) is 5.51. The predicted molar refractivity (Wildman–Crippen MR) is 65.6 cm³/mol. The monoisotopic (exact) mass is 218 g/mol. The van der Waals surface area contributed by atoms with Gasteiger partial charge < -0.3 is 5.11 Å². The smallest absolute Gasteiger partial charge is 0.0685 e. The third-order valence-corrected chi connectivity index (χ3v) is 2.27. The molecule has 0 atom stereocenters. The summed E-state index contributed by atoms with van der Waals surface area (Å²) in [6, 6.07) is 7.80. The molecule has 0 saturated carbocycles. The van der Waals surface area contributed by atoms with E-state index in [1.807, 2.05) is 51.2 Å². The van der Waals surface area contributed by atoms with Gasteiger partial charge >= 0.3 is 0 Å². The molecule has 1 heterocycles. The average Bonchev–Trinajstić information content (AvgIpc) is 2.86. The van der Waals surface area contributed by atoms with Crippen molar-refractivity contribution >= 4 is 0 Å². The van der Waals surface area contributed by atoms with Crippen LogP contribution in [0.25, 0.3) is 5.69 Å². The number of hydrogen-bond acceptors (Lipinski definition) is 2. The van der Waals surface area contributed by atoms with Gasteiger partial charge in [-0.2, -0.15) is 5.10 Å². The van der Waals surface area contributed by atoms with Gasteiger partial charge in [-0.05, 0) is 36.2 Å². The van der Waals surface area contributed by atoms with Gasteiger partial charge in [0.2, 0.25) is 0 Å². The van der Waals surface area contributed by atoms with E-state index >= 15 is 0 Å². The highest BCUT2D eigenvalue weighted by Gasteiger charge is 2.00. The molecule has 3 heteroatoms. The number of nitrogens with zero attached hydrogens (tertiary/aromatic N) is 2. The number of rotatable bonds is 2. The number of aliphatic hydroxyl groups excluding tert-OH is 1. The van der Waals surface area contributed by atoms with Gasteiger partial charge in [-0.25, -0.2) is 4.68 Å². The fourth-order valence-corrected chi connectivity index (χ4v) is 1.39. The van der Waals surface area contributed by atoms with Crippen LogP contribution in [0.2, 0.25) is 0 Å². The third kappa shape index (κ3) is 2.70. The first-order valence-electron chi connectivity index (χ1n) is 5.51. The summed E-state index contributed by atoms with van der Waals surface area (Å²) in [6.07, 6.45) is 3.62. The number of aliphatic hydroxyl groups is 1. The molecule has 1 aromatic carbocycles. The second kappa shape index (κ2) is 6.08. The molecule has 0 saturated heterocycles. The third-order valence-electron chi connectivity index (χ3n) is 2.27. The lowest BCUT2D eigenvalue weighted by atomic mass is 10.1. The summed E-state index contributed by atoms with van der Waals surface area (Å²) in [7, 11) is 0. The fourth-order valence-electron chi connectivity index (χ4n) is 1.39. The Bertz CT molecular complexity index is 422. The molecular formula is C13H18N2O. The van der Waals surface area contributed by atoms with Crippen LogP contribution in [0.5, 0.6) is 0 Å². The first-order chi connectivity index (χ1) is 7.81. The van der Waals surface area contributed by atoms with Crippen LogP contribution < -0.4 is 0 Å². The van der Waals surface area contributed by atoms with Crippen molar-refractivity contribution in [3.05, 3.63) is 47.8 Å². The van der Waals surface area contributed by atoms with Crippen LogP contribution in [0.1, 0.15) is 25.0 Å². The van der Waals surface area contributed by atoms with Crippen molar-refractivity contribution in [3.8, 4) is 5.69 Å². The minimum Gasteiger partial charge on any atom is -0.392 e. The highest BCUT2D eigenvalue weighted by molar-refractivity contribution is 5.39. The van der Waals surface area contributed by atoms with Crippen molar-refractivity contribution in [2.24, 2.45) is 0 Å². The minimum atomic E-state index is 0.0704. The second-order valence-electron chi connectivity index (χ2n) is 3.22. The Hall–Kier alpha value is -1.61. The standard InChI is InChI=1S/C11H12N2O.C2H6/c1-9-3-4-11(7-10(9)8-14)13-6-2-5-12-13;1-2/h2-7,14H,8H2,1H3;1-2H3. The quantitative estimate of drug-likeness (QED) is 0.841. The number of aromatic nitrogens is 2. The van der Waals surface area contributed by atoms with Crippen LogP contribution in [0.15, 0.2) is 36.7 Å².